The summed E-state index contributed by atoms with van der Waals surface area (Å²) in [6.45, 7) is 4.20. The van der Waals surface area contributed by atoms with Crippen molar-refractivity contribution in [1.29, 1.82) is 0 Å². The van der Waals surface area contributed by atoms with Gasteiger partial charge in [-0.3, -0.25) is 9.59 Å². The van der Waals surface area contributed by atoms with Crippen LogP contribution in [0.15, 0.2) is 5.38 Å². The summed E-state index contributed by atoms with van der Waals surface area (Å²) in [5, 5.41) is 2.81. The second-order valence-corrected chi connectivity index (χ2v) is 5.85. The molecule has 21 heavy (non-hydrogen) atoms. The third-order valence-corrected chi connectivity index (χ3v) is 4.32. The second kappa shape index (κ2) is 7.40. The molecule has 0 spiro atoms. The molecule has 0 bridgehead atoms. The van der Waals surface area contributed by atoms with Crippen molar-refractivity contribution in [3.8, 4) is 0 Å². The van der Waals surface area contributed by atoms with Crippen LogP contribution in [0.1, 0.15) is 25.5 Å². The highest BCUT2D eigenvalue weighted by molar-refractivity contribution is 7.13. The maximum absolute atomic E-state index is 11.9. The van der Waals surface area contributed by atoms with Crippen LogP contribution >= 0.6 is 11.3 Å². The lowest BCUT2D eigenvalue weighted by atomic mass is 10.2. The first kappa shape index (κ1) is 15.8. The molecule has 1 aliphatic heterocycles. The van der Waals surface area contributed by atoms with Crippen LogP contribution in [0.3, 0.4) is 0 Å². The number of ether oxygens (including phenoxy) is 1. The van der Waals surface area contributed by atoms with Gasteiger partial charge in [-0.15, -0.1) is 11.3 Å². The van der Waals surface area contributed by atoms with Crippen LogP contribution in [0.2, 0.25) is 0 Å². The lowest BCUT2D eigenvalue weighted by Gasteiger charge is -2.18. The van der Waals surface area contributed by atoms with Crippen molar-refractivity contribution in [3.63, 3.8) is 0 Å². The number of aryl methyl sites for hydroxylation is 1. The van der Waals surface area contributed by atoms with Crippen LogP contribution in [0.5, 0.6) is 0 Å². The van der Waals surface area contributed by atoms with E-state index in [1.807, 2.05) is 17.3 Å². The molecule has 2 heterocycles. The fourth-order valence-electron chi connectivity index (χ4n) is 2.17. The molecule has 0 radical (unpaired) electrons. The van der Waals surface area contributed by atoms with E-state index in [0.717, 1.165) is 30.3 Å². The zero-order valence-corrected chi connectivity index (χ0v) is 13.3. The Morgan fingerprint density at radius 2 is 2.29 bits per heavy atom. The highest BCUT2D eigenvalue weighted by Crippen LogP contribution is 2.22. The van der Waals surface area contributed by atoms with Crippen LogP contribution in [-0.2, 0) is 20.7 Å². The van der Waals surface area contributed by atoms with Gasteiger partial charge in [0.25, 0.3) is 0 Å². The van der Waals surface area contributed by atoms with E-state index in [-0.39, 0.29) is 11.9 Å². The minimum Gasteiger partial charge on any atom is -0.466 e. The van der Waals surface area contributed by atoms with Gasteiger partial charge in [-0.05, 0) is 13.3 Å². The fourth-order valence-corrected chi connectivity index (χ4v) is 3.06. The number of nitrogens with zero attached hydrogens (tertiary/aromatic N) is 3. The number of hydrogen-bond donors (Lipinski definition) is 0. The van der Waals surface area contributed by atoms with Gasteiger partial charge in [0.2, 0.25) is 5.91 Å². The van der Waals surface area contributed by atoms with Crippen molar-refractivity contribution in [2.45, 2.75) is 26.2 Å². The van der Waals surface area contributed by atoms with Gasteiger partial charge in [0.1, 0.15) is 0 Å². The third-order valence-electron chi connectivity index (χ3n) is 3.37. The summed E-state index contributed by atoms with van der Waals surface area (Å²) in [5.41, 5.74) is 0.883. The van der Waals surface area contributed by atoms with Crippen molar-refractivity contribution < 1.29 is 14.3 Å². The van der Waals surface area contributed by atoms with E-state index < -0.39 is 0 Å². The average molecular weight is 311 g/mol. The molecule has 0 aliphatic carbocycles. The molecule has 6 nitrogen and oxygen atoms in total. The largest absolute Gasteiger partial charge is 0.466 e. The highest BCUT2D eigenvalue weighted by atomic mass is 32.1. The number of likely N-dealkylation sites (N-methyl/N-ethyl adjacent to an activating group) is 1. The van der Waals surface area contributed by atoms with Crippen molar-refractivity contribution in [1.82, 2.24) is 9.88 Å². The summed E-state index contributed by atoms with van der Waals surface area (Å²) in [6.07, 6.45) is 1.87. The molecular formula is C14H21N3O3S. The van der Waals surface area contributed by atoms with Crippen LogP contribution in [0.25, 0.3) is 0 Å². The van der Waals surface area contributed by atoms with Gasteiger partial charge >= 0.3 is 5.97 Å². The van der Waals surface area contributed by atoms with Gasteiger partial charge in [-0.1, -0.05) is 0 Å². The van der Waals surface area contributed by atoms with Gasteiger partial charge in [0.15, 0.2) is 5.13 Å². The Kier molecular flexibility index (Phi) is 5.55. The lowest BCUT2D eigenvalue weighted by molar-refractivity contribution is -0.143. The normalized spacial score (nSPS) is 16.0. The molecule has 1 aromatic rings. The minimum atomic E-state index is -0.196. The van der Waals surface area contributed by atoms with Crippen molar-refractivity contribution in [2.75, 3.05) is 38.2 Å². The topological polar surface area (TPSA) is 62.7 Å². The number of aromatic nitrogens is 1. The summed E-state index contributed by atoms with van der Waals surface area (Å²) >= 11 is 1.53. The molecule has 0 saturated carbocycles. The second-order valence-electron chi connectivity index (χ2n) is 5.02. The fraction of sp³-hybridized carbons (Fsp3) is 0.643. The van der Waals surface area contributed by atoms with E-state index in [1.165, 1.54) is 11.3 Å². The Balaban J connectivity index is 1.92. The van der Waals surface area contributed by atoms with E-state index in [0.29, 0.717) is 26.0 Å². The summed E-state index contributed by atoms with van der Waals surface area (Å²) in [5.74, 6) is -0.0746. The van der Waals surface area contributed by atoms with Crippen molar-refractivity contribution >= 4 is 28.3 Å². The van der Waals surface area contributed by atoms with Crippen molar-refractivity contribution in [3.05, 3.63) is 11.1 Å². The lowest BCUT2D eigenvalue weighted by Crippen LogP contribution is -2.34. The first-order valence-corrected chi connectivity index (χ1v) is 8.07. The molecule has 2 rings (SSSR count). The maximum Gasteiger partial charge on any atom is 0.306 e. The average Bonchev–Trinajstić information content (AvgIpc) is 2.86. The quantitative estimate of drug-likeness (QED) is 0.767. The molecule has 0 atom stereocenters. The van der Waals surface area contributed by atoms with E-state index in [4.69, 9.17) is 4.74 Å². The summed E-state index contributed by atoms with van der Waals surface area (Å²) in [7, 11) is 1.83. The third kappa shape index (κ3) is 4.42. The molecule has 0 unspecified atom stereocenters. The Hall–Kier alpha value is -1.63. The number of anilines is 1. The van der Waals surface area contributed by atoms with Gasteiger partial charge in [0.05, 0.1) is 25.3 Å². The van der Waals surface area contributed by atoms with Crippen LogP contribution in [0.4, 0.5) is 5.13 Å². The Bertz CT molecular complexity index is 503. The predicted octanol–water partition coefficient (Wildman–Crippen LogP) is 1.31. The first-order chi connectivity index (χ1) is 10.1. The number of carbonyl (C=O) groups excluding carboxylic acids is 2. The minimum absolute atomic E-state index is 0.121. The number of amides is 1. The smallest absolute Gasteiger partial charge is 0.306 e. The number of hydrogen-bond acceptors (Lipinski definition) is 6. The maximum atomic E-state index is 11.9. The zero-order chi connectivity index (χ0) is 15.2. The zero-order valence-electron chi connectivity index (χ0n) is 12.5. The van der Waals surface area contributed by atoms with Crippen LogP contribution in [-0.4, -0.2) is 55.0 Å². The van der Waals surface area contributed by atoms with Gasteiger partial charge < -0.3 is 14.5 Å². The Morgan fingerprint density at radius 3 is 3.05 bits per heavy atom. The summed E-state index contributed by atoms with van der Waals surface area (Å²) in [4.78, 5) is 31.5. The van der Waals surface area contributed by atoms with Gasteiger partial charge in [0, 0.05) is 31.9 Å². The molecule has 116 valence electrons. The number of rotatable bonds is 5. The Labute approximate surface area is 128 Å². The SMILES string of the molecule is CCOC(=O)CCc1csc(N2CCCN(C)C(=O)C2)n1. The van der Waals surface area contributed by atoms with Gasteiger partial charge in [-0.2, -0.15) is 0 Å². The predicted molar refractivity (Wildman–Crippen MR) is 81.5 cm³/mol. The van der Waals surface area contributed by atoms with Gasteiger partial charge in [-0.25, -0.2) is 4.98 Å². The molecule has 0 N–H and O–H groups in total. The molecule has 7 heteroatoms. The van der Waals surface area contributed by atoms with E-state index in [2.05, 4.69) is 4.98 Å². The molecule has 1 fully saturated rings. The van der Waals surface area contributed by atoms with Crippen molar-refractivity contribution in [2.24, 2.45) is 0 Å². The Morgan fingerprint density at radius 1 is 1.48 bits per heavy atom. The first-order valence-electron chi connectivity index (χ1n) is 7.19. The number of thiazole rings is 1. The van der Waals surface area contributed by atoms with Crippen LogP contribution < -0.4 is 4.90 Å². The van der Waals surface area contributed by atoms with E-state index >= 15 is 0 Å². The molecule has 1 amide bonds. The molecule has 0 aromatic carbocycles. The standard InChI is InChI=1S/C14H21N3O3S/c1-3-20-13(19)6-5-11-10-21-14(15-11)17-8-4-7-16(2)12(18)9-17/h10H,3-9H2,1-2H3. The molecular weight excluding hydrogens is 290 g/mol. The van der Waals surface area contributed by atoms with E-state index in [1.54, 1.807) is 11.8 Å². The number of carbonyl (C=O) groups is 2. The summed E-state index contributed by atoms with van der Waals surface area (Å²) < 4.78 is 4.91. The summed E-state index contributed by atoms with van der Waals surface area (Å²) in [6, 6.07) is 0. The van der Waals surface area contributed by atoms with Crippen LogP contribution in [0, 0.1) is 0 Å². The monoisotopic (exact) mass is 311 g/mol. The molecule has 1 saturated heterocycles. The molecule has 1 aromatic heterocycles. The van der Waals surface area contributed by atoms with E-state index in [9.17, 15) is 9.59 Å². The number of esters is 1. The highest BCUT2D eigenvalue weighted by Gasteiger charge is 2.21. The molecule has 1 aliphatic rings.